The summed E-state index contributed by atoms with van der Waals surface area (Å²) in [6.07, 6.45) is 1.69. The number of aliphatic hydroxyl groups excluding tert-OH is 1. The van der Waals surface area contributed by atoms with Gasteiger partial charge < -0.3 is 24.9 Å². The minimum absolute atomic E-state index is 0.139. The molecule has 1 saturated heterocycles. The Labute approximate surface area is 328 Å². The summed E-state index contributed by atoms with van der Waals surface area (Å²) in [5.41, 5.74) is 3.27. The number of piperidine rings is 1. The topological polar surface area (TPSA) is 100 Å². The zero-order valence-corrected chi connectivity index (χ0v) is 34.3. The molecule has 0 bridgehead atoms. The molecule has 0 aliphatic carbocycles. The lowest BCUT2D eigenvalue weighted by Crippen LogP contribution is -2.68. The number of nitrogens with zero attached hydrogens (tertiary/aromatic N) is 1. The first-order chi connectivity index (χ1) is 26.4. The van der Waals surface area contributed by atoms with Crippen molar-refractivity contribution in [2.45, 2.75) is 69.0 Å². The molecular formula is C45H55N3O5SSi. The number of aliphatic hydroxyl groups is 1. The van der Waals surface area contributed by atoms with E-state index in [1.54, 1.807) is 16.4 Å². The molecule has 5 aromatic rings. The molecule has 1 heterocycles. The minimum Gasteiger partial charge on any atom is -0.534 e. The SMILES string of the molecule is Cc1ccc(S(=O)(=O)N2CCC(Nc3ccc(CCNC[C@H](O)COc4ccc(O[Si](c5ccccc5)(c5ccccc5)C(C)(C)C)cc4)cc3)CC2)cc1. The Morgan fingerprint density at radius 3 is 1.91 bits per heavy atom. The highest BCUT2D eigenvalue weighted by Crippen LogP contribution is 2.38. The van der Waals surface area contributed by atoms with Gasteiger partial charge in [0.1, 0.15) is 24.2 Å². The fourth-order valence-corrected chi connectivity index (χ4v) is 13.2. The number of hydrogen-bond acceptors (Lipinski definition) is 7. The van der Waals surface area contributed by atoms with Crippen LogP contribution in [0.15, 0.2) is 138 Å². The molecule has 0 spiro atoms. The number of rotatable bonds is 16. The van der Waals surface area contributed by atoms with Crippen molar-refractivity contribution < 1.29 is 22.7 Å². The summed E-state index contributed by atoms with van der Waals surface area (Å²) in [6, 6.07) is 44.6. The molecule has 1 aliphatic heterocycles. The third-order valence-electron chi connectivity index (χ3n) is 10.4. The number of nitrogens with one attached hydrogen (secondary N) is 2. The van der Waals surface area contributed by atoms with Gasteiger partial charge in [0.2, 0.25) is 10.0 Å². The highest BCUT2D eigenvalue weighted by molar-refractivity contribution is 7.89. The number of aryl methyl sites for hydroxylation is 1. The Kier molecular flexibility index (Phi) is 13.2. The summed E-state index contributed by atoms with van der Waals surface area (Å²) in [7, 11) is -6.19. The zero-order chi connectivity index (χ0) is 38.9. The second-order valence-electron chi connectivity index (χ2n) is 15.5. The quantitative estimate of drug-likeness (QED) is 0.0752. The van der Waals surface area contributed by atoms with E-state index in [0.717, 1.165) is 42.8 Å². The van der Waals surface area contributed by atoms with Crippen LogP contribution in [0.2, 0.25) is 5.04 Å². The summed E-state index contributed by atoms with van der Waals surface area (Å²) in [5.74, 6) is 1.47. The molecule has 6 rings (SSSR count). The van der Waals surface area contributed by atoms with Gasteiger partial charge in [-0.3, -0.25) is 0 Å². The molecular weight excluding hydrogens is 723 g/mol. The van der Waals surface area contributed by atoms with Crippen LogP contribution in [0.4, 0.5) is 5.69 Å². The maximum Gasteiger partial charge on any atom is 0.319 e. The Bertz CT molecular complexity index is 1990. The van der Waals surface area contributed by atoms with Crippen molar-refractivity contribution in [3.8, 4) is 11.5 Å². The number of ether oxygens (including phenoxy) is 1. The molecule has 10 heteroatoms. The van der Waals surface area contributed by atoms with Gasteiger partial charge in [0.05, 0.1) is 4.90 Å². The van der Waals surface area contributed by atoms with Gasteiger partial charge in [-0.25, -0.2) is 8.42 Å². The van der Waals surface area contributed by atoms with Crippen LogP contribution in [0.25, 0.3) is 0 Å². The maximum absolute atomic E-state index is 13.1. The number of sulfonamides is 1. The Balaban J connectivity index is 0.920. The second kappa shape index (κ2) is 18.0. The predicted octanol–water partition coefficient (Wildman–Crippen LogP) is 6.77. The van der Waals surface area contributed by atoms with Crippen LogP contribution >= 0.6 is 0 Å². The van der Waals surface area contributed by atoms with Gasteiger partial charge in [0.25, 0.3) is 0 Å². The molecule has 0 aromatic heterocycles. The van der Waals surface area contributed by atoms with Crippen LogP contribution in [-0.2, 0) is 16.4 Å². The molecule has 0 unspecified atom stereocenters. The van der Waals surface area contributed by atoms with Crippen LogP contribution in [0.5, 0.6) is 11.5 Å². The molecule has 0 saturated carbocycles. The van der Waals surface area contributed by atoms with E-state index >= 15 is 0 Å². The molecule has 1 fully saturated rings. The van der Waals surface area contributed by atoms with Gasteiger partial charge in [0.15, 0.2) is 0 Å². The first-order valence-corrected chi connectivity index (χ1v) is 22.6. The normalized spacial score (nSPS) is 15.0. The van der Waals surface area contributed by atoms with Crippen molar-refractivity contribution in [3.63, 3.8) is 0 Å². The van der Waals surface area contributed by atoms with Gasteiger partial charge in [-0.05, 0) is 102 Å². The van der Waals surface area contributed by atoms with Gasteiger partial charge in [0, 0.05) is 31.4 Å². The highest BCUT2D eigenvalue weighted by atomic mass is 32.2. The highest BCUT2D eigenvalue weighted by Gasteiger charge is 2.52. The third kappa shape index (κ3) is 10.1. The van der Waals surface area contributed by atoms with Crippen molar-refractivity contribution in [1.82, 2.24) is 9.62 Å². The minimum atomic E-state index is -3.47. The van der Waals surface area contributed by atoms with Crippen LogP contribution in [0.3, 0.4) is 0 Å². The summed E-state index contributed by atoms with van der Waals surface area (Å²) in [4.78, 5) is 0.359. The number of hydrogen-bond donors (Lipinski definition) is 3. The summed E-state index contributed by atoms with van der Waals surface area (Å²) < 4.78 is 40.8. The smallest absolute Gasteiger partial charge is 0.319 e. The largest absolute Gasteiger partial charge is 0.534 e. The van der Waals surface area contributed by atoms with Crippen LogP contribution in [-0.4, -0.2) is 71.1 Å². The molecule has 1 aliphatic rings. The van der Waals surface area contributed by atoms with Crippen molar-refractivity contribution in [2.24, 2.45) is 0 Å². The van der Waals surface area contributed by atoms with E-state index in [4.69, 9.17) is 9.16 Å². The Morgan fingerprint density at radius 2 is 1.35 bits per heavy atom. The van der Waals surface area contributed by atoms with Gasteiger partial charge >= 0.3 is 8.32 Å². The fourth-order valence-electron chi connectivity index (χ4n) is 7.29. The number of anilines is 1. The molecule has 55 heavy (non-hydrogen) atoms. The molecule has 5 aromatic carbocycles. The first-order valence-electron chi connectivity index (χ1n) is 19.3. The lowest BCUT2D eigenvalue weighted by atomic mass is 10.1. The molecule has 8 nitrogen and oxygen atoms in total. The molecule has 1 atom stereocenters. The van der Waals surface area contributed by atoms with Crippen LogP contribution in [0, 0.1) is 6.92 Å². The van der Waals surface area contributed by atoms with Crippen molar-refractivity contribution in [3.05, 3.63) is 145 Å². The van der Waals surface area contributed by atoms with E-state index < -0.39 is 24.4 Å². The predicted molar refractivity (Wildman–Crippen MR) is 226 cm³/mol. The standard InChI is InChI=1S/C45H55N3O5SSi/c1-35-15-25-42(26-16-35)54(50,51)48-31-28-38(29-32-48)47-37-19-17-36(18-20-37)27-30-46-33-39(49)34-52-40-21-23-41(24-22-40)53-55(45(2,3)4,43-11-7-5-8-12-43)44-13-9-6-10-14-44/h5-26,38-39,46-47,49H,27-34H2,1-4H3/t39-/m0/s1. The molecule has 0 radical (unpaired) electrons. The summed E-state index contributed by atoms with van der Waals surface area (Å²) >= 11 is 0. The van der Waals surface area contributed by atoms with Crippen LogP contribution < -0.4 is 30.2 Å². The van der Waals surface area contributed by atoms with Gasteiger partial charge in [-0.2, -0.15) is 4.31 Å². The zero-order valence-electron chi connectivity index (χ0n) is 32.4. The van der Waals surface area contributed by atoms with Crippen molar-refractivity contribution in [1.29, 1.82) is 0 Å². The molecule has 0 amide bonds. The van der Waals surface area contributed by atoms with E-state index in [-0.39, 0.29) is 17.7 Å². The van der Waals surface area contributed by atoms with Gasteiger partial charge in [-0.1, -0.05) is 111 Å². The third-order valence-corrected chi connectivity index (χ3v) is 17.2. The van der Waals surface area contributed by atoms with E-state index in [2.05, 4.69) is 104 Å². The fraction of sp³-hybridized carbons (Fsp3) is 0.333. The summed E-state index contributed by atoms with van der Waals surface area (Å²) in [5, 5.41) is 19.9. The lowest BCUT2D eigenvalue weighted by Gasteiger charge is -2.43. The average molecular weight is 778 g/mol. The molecule has 290 valence electrons. The number of benzene rings is 5. The first kappa shape index (κ1) is 40.2. The average Bonchev–Trinajstić information content (AvgIpc) is 3.19. The van der Waals surface area contributed by atoms with E-state index in [9.17, 15) is 13.5 Å². The van der Waals surface area contributed by atoms with E-state index in [1.807, 2.05) is 55.5 Å². The monoisotopic (exact) mass is 777 g/mol. The lowest BCUT2D eigenvalue weighted by molar-refractivity contribution is 0.106. The van der Waals surface area contributed by atoms with E-state index in [0.29, 0.717) is 30.3 Å². The Hall–Kier alpha value is -4.45. The summed E-state index contributed by atoms with van der Waals surface area (Å²) in [6.45, 7) is 11.1. The van der Waals surface area contributed by atoms with E-state index in [1.165, 1.54) is 15.9 Å². The van der Waals surface area contributed by atoms with Crippen molar-refractivity contribution in [2.75, 3.05) is 38.1 Å². The Morgan fingerprint density at radius 1 is 0.782 bits per heavy atom. The van der Waals surface area contributed by atoms with Crippen molar-refractivity contribution >= 4 is 34.4 Å². The maximum atomic E-state index is 13.1. The van der Waals surface area contributed by atoms with Gasteiger partial charge in [-0.15, -0.1) is 0 Å². The second-order valence-corrected chi connectivity index (χ2v) is 21.6. The van der Waals surface area contributed by atoms with Crippen LogP contribution in [0.1, 0.15) is 44.7 Å². The molecule has 3 N–H and O–H groups in total.